The number of nitrogens with zero attached hydrogens (tertiary/aromatic N) is 1. The lowest BCUT2D eigenvalue weighted by atomic mass is 9.87. The number of aryl methyl sites for hydroxylation is 1. The van der Waals surface area contributed by atoms with Gasteiger partial charge in [0.05, 0.1) is 11.3 Å². The zero-order chi connectivity index (χ0) is 14.8. The SMILES string of the molecule is Cc1ccc(Nc2ccc(C(C)(C)C)cc2)c(C#N)c1. The van der Waals surface area contributed by atoms with Crippen LogP contribution in [0.25, 0.3) is 0 Å². The summed E-state index contributed by atoms with van der Waals surface area (Å²) in [5.41, 5.74) is 5.06. The lowest BCUT2D eigenvalue weighted by Gasteiger charge is -2.19. The van der Waals surface area contributed by atoms with Gasteiger partial charge in [-0.2, -0.15) is 5.26 Å². The fraction of sp³-hybridized carbons (Fsp3) is 0.278. The van der Waals surface area contributed by atoms with Crippen LogP contribution in [0.3, 0.4) is 0 Å². The summed E-state index contributed by atoms with van der Waals surface area (Å²) < 4.78 is 0. The van der Waals surface area contributed by atoms with Gasteiger partial charge in [0.25, 0.3) is 0 Å². The number of hydrogen-bond donors (Lipinski definition) is 1. The number of anilines is 2. The van der Waals surface area contributed by atoms with Crippen molar-refractivity contribution in [1.29, 1.82) is 5.26 Å². The third-order valence-electron chi connectivity index (χ3n) is 3.33. The molecule has 0 spiro atoms. The van der Waals surface area contributed by atoms with E-state index in [2.05, 4.69) is 56.4 Å². The quantitative estimate of drug-likeness (QED) is 0.836. The summed E-state index contributed by atoms with van der Waals surface area (Å²) in [7, 11) is 0. The minimum absolute atomic E-state index is 0.153. The first-order chi connectivity index (χ1) is 9.40. The fourth-order valence-corrected chi connectivity index (χ4v) is 2.07. The number of nitrogens with one attached hydrogen (secondary N) is 1. The lowest BCUT2D eigenvalue weighted by Crippen LogP contribution is -2.10. The normalized spacial score (nSPS) is 10.9. The minimum atomic E-state index is 0.153. The van der Waals surface area contributed by atoms with Crippen molar-refractivity contribution in [2.24, 2.45) is 0 Å². The zero-order valence-electron chi connectivity index (χ0n) is 12.5. The molecule has 2 aromatic carbocycles. The van der Waals surface area contributed by atoms with Gasteiger partial charge in [-0.05, 0) is 47.7 Å². The highest BCUT2D eigenvalue weighted by Crippen LogP contribution is 2.26. The van der Waals surface area contributed by atoms with E-state index in [1.165, 1.54) is 5.56 Å². The summed E-state index contributed by atoms with van der Waals surface area (Å²) >= 11 is 0. The van der Waals surface area contributed by atoms with Gasteiger partial charge in [0.1, 0.15) is 6.07 Å². The van der Waals surface area contributed by atoms with Crippen molar-refractivity contribution in [1.82, 2.24) is 0 Å². The van der Waals surface area contributed by atoms with Crippen molar-refractivity contribution in [2.75, 3.05) is 5.32 Å². The highest BCUT2D eigenvalue weighted by molar-refractivity contribution is 5.67. The molecular weight excluding hydrogens is 244 g/mol. The van der Waals surface area contributed by atoms with Crippen molar-refractivity contribution < 1.29 is 0 Å². The van der Waals surface area contributed by atoms with Gasteiger partial charge < -0.3 is 5.32 Å². The van der Waals surface area contributed by atoms with Crippen LogP contribution in [-0.4, -0.2) is 0 Å². The summed E-state index contributed by atoms with van der Waals surface area (Å²) in [6, 6.07) is 16.5. The number of benzene rings is 2. The molecule has 0 aliphatic heterocycles. The third kappa shape index (κ3) is 3.19. The number of nitriles is 1. The lowest BCUT2D eigenvalue weighted by molar-refractivity contribution is 0.590. The van der Waals surface area contributed by atoms with Gasteiger partial charge in [-0.15, -0.1) is 0 Å². The van der Waals surface area contributed by atoms with Crippen LogP contribution >= 0.6 is 0 Å². The highest BCUT2D eigenvalue weighted by Gasteiger charge is 2.13. The summed E-state index contributed by atoms with van der Waals surface area (Å²) in [5, 5.41) is 12.5. The van der Waals surface area contributed by atoms with Gasteiger partial charge in [-0.3, -0.25) is 0 Å². The molecule has 0 heterocycles. The predicted molar refractivity (Wildman–Crippen MR) is 84.3 cm³/mol. The van der Waals surface area contributed by atoms with Crippen LogP contribution in [-0.2, 0) is 5.41 Å². The maximum absolute atomic E-state index is 9.18. The van der Waals surface area contributed by atoms with E-state index in [0.29, 0.717) is 5.56 Å². The topological polar surface area (TPSA) is 35.8 Å². The molecule has 0 atom stereocenters. The molecule has 2 rings (SSSR count). The molecule has 0 fully saturated rings. The Hall–Kier alpha value is -2.27. The van der Waals surface area contributed by atoms with Crippen LogP contribution in [0.1, 0.15) is 37.5 Å². The zero-order valence-corrected chi connectivity index (χ0v) is 12.5. The average Bonchev–Trinajstić information content (AvgIpc) is 2.40. The Morgan fingerprint density at radius 1 is 1.00 bits per heavy atom. The summed E-state index contributed by atoms with van der Waals surface area (Å²) in [6.07, 6.45) is 0. The molecule has 0 radical (unpaired) electrons. The molecule has 0 aliphatic rings. The summed E-state index contributed by atoms with van der Waals surface area (Å²) in [5.74, 6) is 0. The molecule has 0 aliphatic carbocycles. The van der Waals surface area contributed by atoms with Crippen LogP contribution in [0, 0.1) is 18.3 Å². The van der Waals surface area contributed by atoms with Gasteiger partial charge in [-0.1, -0.05) is 39.0 Å². The molecular formula is C18H20N2. The van der Waals surface area contributed by atoms with Gasteiger partial charge in [0.15, 0.2) is 0 Å². The van der Waals surface area contributed by atoms with E-state index < -0.39 is 0 Å². The van der Waals surface area contributed by atoms with Crippen LogP contribution < -0.4 is 5.32 Å². The number of rotatable bonds is 2. The maximum atomic E-state index is 9.18. The van der Waals surface area contributed by atoms with Crippen molar-refractivity contribution >= 4 is 11.4 Å². The smallest absolute Gasteiger partial charge is 0.101 e. The molecule has 2 aromatic rings. The van der Waals surface area contributed by atoms with E-state index in [0.717, 1.165) is 16.9 Å². The molecule has 0 aromatic heterocycles. The monoisotopic (exact) mass is 264 g/mol. The number of hydrogen-bond acceptors (Lipinski definition) is 2. The van der Waals surface area contributed by atoms with Crippen LogP contribution in [0.5, 0.6) is 0 Å². The second kappa shape index (κ2) is 5.38. The Bertz CT molecular complexity index is 641. The predicted octanol–water partition coefficient (Wildman–Crippen LogP) is 4.91. The van der Waals surface area contributed by atoms with Crippen molar-refractivity contribution in [3.63, 3.8) is 0 Å². The van der Waals surface area contributed by atoms with Crippen LogP contribution in [0.15, 0.2) is 42.5 Å². The molecule has 0 saturated heterocycles. The Kier molecular flexibility index (Phi) is 3.81. The maximum Gasteiger partial charge on any atom is 0.101 e. The largest absolute Gasteiger partial charge is 0.354 e. The van der Waals surface area contributed by atoms with Crippen LogP contribution in [0.2, 0.25) is 0 Å². The second-order valence-corrected chi connectivity index (χ2v) is 6.11. The van der Waals surface area contributed by atoms with E-state index in [9.17, 15) is 5.26 Å². The first kappa shape index (κ1) is 14.1. The molecule has 1 N–H and O–H groups in total. The van der Waals surface area contributed by atoms with Crippen molar-refractivity contribution in [3.05, 3.63) is 59.2 Å². The molecule has 0 saturated carbocycles. The van der Waals surface area contributed by atoms with Crippen molar-refractivity contribution in [3.8, 4) is 6.07 Å². The fourth-order valence-electron chi connectivity index (χ4n) is 2.07. The molecule has 102 valence electrons. The summed E-state index contributed by atoms with van der Waals surface area (Å²) in [6.45, 7) is 8.58. The standard InChI is InChI=1S/C18H20N2/c1-13-5-10-17(14(11-13)12-19)20-16-8-6-15(7-9-16)18(2,3)4/h5-11,20H,1-4H3. The molecule has 2 heteroatoms. The first-order valence-corrected chi connectivity index (χ1v) is 6.78. The second-order valence-electron chi connectivity index (χ2n) is 6.11. The molecule has 0 bridgehead atoms. The van der Waals surface area contributed by atoms with E-state index in [1.54, 1.807) is 0 Å². The van der Waals surface area contributed by atoms with E-state index in [1.807, 2.05) is 25.1 Å². The van der Waals surface area contributed by atoms with Crippen molar-refractivity contribution in [2.45, 2.75) is 33.1 Å². The Labute approximate surface area is 121 Å². The van der Waals surface area contributed by atoms with E-state index in [-0.39, 0.29) is 5.41 Å². The van der Waals surface area contributed by atoms with E-state index in [4.69, 9.17) is 0 Å². The van der Waals surface area contributed by atoms with Gasteiger partial charge >= 0.3 is 0 Å². The van der Waals surface area contributed by atoms with Gasteiger partial charge in [0.2, 0.25) is 0 Å². The Morgan fingerprint density at radius 3 is 2.20 bits per heavy atom. The van der Waals surface area contributed by atoms with Gasteiger partial charge in [0, 0.05) is 5.69 Å². The average molecular weight is 264 g/mol. The van der Waals surface area contributed by atoms with Crippen LogP contribution in [0.4, 0.5) is 11.4 Å². The Balaban J connectivity index is 2.25. The Morgan fingerprint density at radius 2 is 1.65 bits per heavy atom. The van der Waals surface area contributed by atoms with Gasteiger partial charge in [-0.25, -0.2) is 0 Å². The van der Waals surface area contributed by atoms with E-state index >= 15 is 0 Å². The summed E-state index contributed by atoms with van der Waals surface area (Å²) in [4.78, 5) is 0. The molecule has 2 nitrogen and oxygen atoms in total. The molecule has 20 heavy (non-hydrogen) atoms. The highest BCUT2D eigenvalue weighted by atomic mass is 14.9. The molecule has 0 unspecified atom stereocenters. The first-order valence-electron chi connectivity index (χ1n) is 6.78. The third-order valence-corrected chi connectivity index (χ3v) is 3.33. The minimum Gasteiger partial charge on any atom is -0.354 e. The molecule has 0 amide bonds.